The van der Waals surface area contributed by atoms with Crippen LogP contribution >= 0.6 is 0 Å². The smallest absolute Gasteiger partial charge is 0.136 e. The highest BCUT2D eigenvalue weighted by molar-refractivity contribution is 6.10. The number of hydrogen-bond donors (Lipinski definition) is 1. The highest BCUT2D eigenvalue weighted by Crippen LogP contribution is 2.34. The summed E-state index contributed by atoms with van der Waals surface area (Å²) in [5.41, 5.74) is 5.49. The van der Waals surface area contributed by atoms with Gasteiger partial charge in [-0.05, 0) is 64.2 Å². The Morgan fingerprint density at radius 2 is 1.29 bits per heavy atom. The number of anilines is 2. The van der Waals surface area contributed by atoms with Gasteiger partial charge < -0.3 is 9.73 Å². The van der Waals surface area contributed by atoms with Crippen molar-refractivity contribution in [2.75, 3.05) is 5.32 Å². The topological polar surface area (TPSA) is 25.2 Å². The summed E-state index contributed by atoms with van der Waals surface area (Å²) in [7, 11) is 0. The number of rotatable bonds is 2. The van der Waals surface area contributed by atoms with Crippen LogP contribution in [0.3, 0.4) is 0 Å². The molecule has 5 aromatic rings. The molecule has 0 unspecified atom stereocenters. The van der Waals surface area contributed by atoms with Crippen LogP contribution in [-0.4, -0.2) is 0 Å². The molecule has 0 aliphatic heterocycles. The van der Waals surface area contributed by atoms with E-state index in [2.05, 4.69) is 98.9 Å². The predicted octanol–water partition coefficient (Wildman–Crippen LogP) is 7.78. The Morgan fingerprint density at radius 1 is 0.643 bits per heavy atom. The van der Waals surface area contributed by atoms with E-state index in [1.54, 1.807) is 0 Å². The van der Waals surface area contributed by atoms with Gasteiger partial charge in [0.25, 0.3) is 0 Å². The summed E-state index contributed by atoms with van der Waals surface area (Å²) >= 11 is 0. The van der Waals surface area contributed by atoms with Gasteiger partial charge >= 0.3 is 0 Å². The van der Waals surface area contributed by atoms with Crippen molar-refractivity contribution in [1.82, 2.24) is 0 Å². The average molecular weight is 365 g/mol. The standard InChI is InChI=1S/C26H23NO/c1-26(2,3)19-8-10-20(11-9-19)27-21-12-13-24-23(16-21)22-14-17-6-4-5-7-18(17)15-25(22)28-24/h4-16,27H,1-3H3. The average Bonchev–Trinajstić information content (AvgIpc) is 3.03. The predicted molar refractivity (Wildman–Crippen MR) is 120 cm³/mol. The zero-order valence-corrected chi connectivity index (χ0v) is 16.4. The fourth-order valence-corrected chi connectivity index (χ4v) is 3.76. The van der Waals surface area contributed by atoms with E-state index in [-0.39, 0.29) is 5.41 Å². The van der Waals surface area contributed by atoms with E-state index in [1.807, 2.05) is 6.07 Å². The maximum Gasteiger partial charge on any atom is 0.136 e. The van der Waals surface area contributed by atoms with Crippen molar-refractivity contribution in [1.29, 1.82) is 0 Å². The second-order valence-corrected chi connectivity index (χ2v) is 8.46. The minimum Gasteiger partial charge on any atom is -0.456 e. The van der Waals surface area contributed by atoms with Crippen molar-refractivity contribution in [2.45, 2.75) is 26.2 Å². The third kappa shape index (κ3) is 2.91. The van der Waals surface area contributed by atoms with Gasteiger partial charge in [-0.2, -0.15) is 0 Å². The van der Waals surface area contributed by atoms with Crippen LogP contribution in [0.1, 0.15) is 26.3 Å². The maximum atomic E-state index is 6.09. The number of hydrogen-bond acceptors (Lipinski definition) is 2. The van der Waals surface area contributed by atoms with Crippen LogP contribution in [0.2, 0.25) is 0 Å². The van der Waals surface area contributed by atoms with Crippen LogP contribution in [0.25, 0.3) is 32.7 Å². The highest BCUT2D eigenvalue weighted by atomic mass is 16.3. The van der Waals surface area contributed by atoms with Crippen LogP contribution in [0.15, 0.2) is 83.3 Å². The van der Waals surface area contributed by atoms with Gasteiger partial charge in [0.15, 0.2) is 0 Å². The van der Waals surface area contributed by atoms with E-state index < -0.39 is 0 Å². The molecule has 1 N–H and O–H groups in total. The van der Waals surface area contributed by atoms with Crippen molar-refractivity contribution in [2.24, 2.45) is 0 Å². The van der Waals surface area contributed by atoms with Crippen LogP contribution in [-0.2, 0) is 5.41 Å². The molecule has 0 saturated heterocycles. The molecule has 5 rings (SSSR count). The monoisotopic (exact) mass is 365 g/mol. The molecule has 4 aromatic carbocycles. The molecule has 0 bridgehead atoms. The lowest BCUT2D eigenvalue weighted by atomic mass is 9.87. The van der Waals surface area contributed by atoms with Gasteiger partial charge in [0, 0.05) is 22.1 Å². The van der Waals surface area contributed by atoms with Crippen LogP contribution < -0.4 is 5.32 Å². The van der Waals surface area contributed by atoms with E-state index in [0.29, 0.717) is 0 Å². The number of nitrogens with one attached hydrogen (secondary N) is 1. The quantitative estimate of drug-likeness (QED) is 0.345. The lowest BCUT2D eigenvalue weighted by molar-refractivity contribution is 0.590. The van der Waals surface area contributed by atoms with Crippen molar-refractivity contribution >= 4 is 44.1 Å². The highest BCUT2D eigenvalue weighted by Gasteiger charge is 2.13. The van der Waals surface area contributed by atoms with E-state index in [4.69, 9.17) is 4.42 Å². The van der Waals surface area contributed by atoms with Gasteiger partial charge in [0.1, 0.15) is 11.2 Å². The largest absolute Gasteiger partial charge is 0.456 e. The van der Waals surface area contributed by atoms with Crippen LogP contribution in [0.4, 0.5) is 11.4 Å². The minimum atomic E-state index is 0.163. The Bertz CT molecular complexity index is 1300. The van der Waals surface area contributed by atoms with E-state index in [9.17, 15) is 0 Å². The molecule has 0 atom stereocenters. The lowest BCUT2D eigenvalue weighted by Crippen LogP contribution is -2.10. The maximum absolute atomic E-state index is 6.09. The molecule has 1 heterocycles. The Balaban J connectivity index is 1.55. The summed E-state index contributed by atoms with van der Waals surface area (Å²) in [6.07, 6.45) is 0. The first-order valence-corrected chi connectivity index (χ1v) is 9.70. The zero-order chi connectivity index (χ0) is 19.3. The Morgan fingerprint density at radius 3 is 2.00 bits per heavy atom. The summed E-state index contributed by atoms with van der Waals surface area (Å²) in [5, 5.41) is 8.24. The molecule has 0 radical (unpaired) electrons. The molecule has 0 fully saturated rings. The molecule has 1 aromatic heterocycles. The van der Waals surface area contributed by atoms with Gasteiger partial charge in [-0.3, -0.25) is 0 Å². The first kappa shape index (κ1) is 16.9. The first-order chi connectivity index (χ1) is 13.5. The fourth-order valence-electron chi connectivity index (χ4n) is 3.76. The molecule has 2 nitrogen and oxygen atoms in total. The number of fused-ring (bicyclic) bond motifs is 4. The molecule has 0 aliphatic carbocycles. The summed E-state index contributed by atoms with van der Waals surface area (Å²) in [4.78, 5) is 0. The third-order valence-corrected chi connectivity index (χ3v) is 5.38. The normalized spacial score (nSPS) is 12.1. The SMILES string of the molecule is CC(C)(C)c1ccc(Nc2ccc3oc4cc5ccccc5cc4c3c2)cc1. The summed E-state index contributed by atoms with van der Waals surface area (Å²) in [5.74, 6) is 0. The third-order valence-electron chi connectivity index (χ3n) is 5.38. The van der Waals surface area contributed by atoms with Gasteiger partial charge in [0.05, 0.1) is 0 Å². The fraction of sp³-hybridized carbons (Fsp3) is 0.154. The zero-order valence-electron chi connectivity index (χ0n) is 16.4. The van der Waals surface area contributed by atoms with Gasteiger partial charge in [0.2, 0.25) is 0 Å². The Kier molecular flexibility index (Phi) is 3.70. The molecular formula is C26H23NO. The van der Waals surface area contributed by atoms with Crippen LogP contribution in [0, 0.1) is 0 Å². The molecule has 0 amide bonds. The van der Waals surface area contributed by atoms with Crippen molar-refractivity contribution in [3.8, 4) is 0 Å². The first-order valence-electron chi connectivity index (χ1n) is 9.70. The summed E-state index contributed by atoms with van der Waals surface area (Å²) < 4.78 is 6.09. The van der Waals surface area contributed by atoms with Gasteiger partial charge in [-0.25, -0.2) is 0 Å². The van der Waals surface area contributed by atoms with Crippen molar-refractivity contribution in [3.63, 3.8) is 0 Å². The lowest BCUT2D eigenvalue weighted by Gasteiger charge is -2.19. The second-order valence-electron chi connectivity index (χ2n) is 8.46. The van der Waals surface area contributed by atoms with Crippen LogP contribution in [0.5, 0.6) is 0 Å². The van der Waals surface area contributed by atoms with E-state index in [1.165, 1.54) is 16.3 Å². The molecule has 28 heavy (non-hydrogen) atoms. The summed E-state index contributed by atoms with van der Waals surface area (Å²) in [6, 6.07) is 27.7. The van der Waals surface area contributed by atoms with E-state index in [0.717, 1.165) is 33.3 Å². The number of benzene rings is 4. The molecule has 2 heteroatoms. The minimum absolute atomic E-state index is 0.163. The van der Waals surface area contributed by atoms with Gasteiger partial charge in [-0.15, -0.1) is 0 Å². The summed E-state index contributed by atoms with van der Waals surface area (Å²) in [6.45, 7) is 6.70. The van der Waals surface area contributed by atoms with Gasteiger partial charge in [-0.1, -0.05) is 57.2 Å². The molecule has 0 aliphatic rings. The molecule has 0 saturated carbocycles. The van der Waals surface area contributed by atoms with E-state index >= 15 is 0 Å². The van der Waals surface area contributed by atoms with Crippen molar-refractivity contribution in [3.05, 3.63) is 84.4 Å². The molecule has 0 spiro atoms. The molecular weight excluding hydrogens is 342 g/mol. The Hall–Kier alpha value is -3.26. The number of furan rings is 1. The second kappa shape index (κ2) is 6.13. The Labute approximate surface area is 164 Å². The van der Waals surface area contributed by atoms with Crippen molar-refractivity contribution < 1.29 is 4.42 Å². The molecule has 138 valence electrons.